The summed E-state index contributed by atoms with van der Waals surface area (Å²) in [4.78, 5) is 14.6. The molecule has 0 radical (unpaired) electrons. The number of nitrogens with zero attached hydrogens (tertiary/aromatic N) is 1. The molecule has 0 unspecified atom stereocenters. The molecule has 1 amide bonds. The van der Waals surface area contributed by atoms with Gasteiger partial charge in [0.2, 0.25) is 0 Å². The lowest BCUT2D eigenvalue weighted by molar-refractivity contribution is -0.130. The third kappa shape index (κ3) is 4.43. The fourth-order valence-electron chi connectivity index (χ4n) is 2.17. The summed E-state index contributed by atoms with van der Waals surface area (Å²) < 4.78 is 0. The molecular weight excluding hydrogens is 250 g/mol. The van der Waals surface area contributed by atoms with Crippen molar-refractivity contribution in [3.8, 4) is 0 Å². The second-order valence-corrected chi connectivity index (χ2v) is 8.67. The topological polar surface area (TPSA) is 44.4 Å². The second kappa shape index (κ2) is 4.97. The van der Waals surface area contributed by atoms with E-state index in [1.165, 1.54) is 0 Å². The SMILES string of the molecule is CC(C)(C)NC1=C(NC(C)(C)C)C(=O)N(C(C)(C)C)C1. The maximum atomic E-state index is 12.7. The molecule has 0 saturated heterocycles. The van der Waals surface area contributed by atoms with Crippen LogP contribution in [0.4, 0.5) is 0 Å². The first-order valence-corrected chi connectivity index (χ1v) is 7.32. The first kappa shape index (κ1) is 16.9. The van der Waals surface area contributed by atoms with Crippen molar-refractivity contribution in [1.29, 1.82) is 0 Å². The standard InChI is InChI=1S/C16H31N3O/c1-14(2,3)17-11-10-19(16(7,8)9)13(20)12(11)18-15(4,5)6/h17-18H,10H2,1-9H3. The monoisotopic (exact) mass is 281 g/mol. The van der Waals surface area contributed by atoms with Crippen molar-refractivity contribution < 1.29 is 4.79 Å². The average Bonchev–Trinajstić information content (AvgIpc) is 2.40. The number of rotatable bonds is 2. The molecule has 1 aliphatic heterocycles. The van der Waals surface area contributed by atoms with Crippen molar-refractivity contribution in [2.45, 2.75) is 78.9 Å². The van der Waals surface area contributed by atoms with Gasteiger partial charge in [0, 0.05) is 16.6 Å². The minimum Gasteiger partial charge on any atom is -0.380 e. The number of carbonyl (C=O) groups excluding carboxylic acids is 1. The lowest BCUT2D eigenvalue weighted by atomic mass is 10.1. The van der Waals surface area contributed by atoms with Gasteiger partial charge in [-0.1, -0.05) is 0 Å². The van der Waals surface area contributed by atoms with E-state index in [-0.39, 0.29) is 22.5 Å². The van der Waals surface area contributed by atoms with Crippen LogP contribution in [0.3, 0.4) is 0 Å². The van der Waals surface area contributed by atoms with Crippen molar-refractivity contribution in [3.05, 3.63) is 11.4 Å². The largest absolute Gasteiger partial charge is 0.380 e. The molecule has 1 aliphatic rings. The van der Waals surface area contributed by atoms with Crippen LogP contribution in [0.1, 0.15) is 62.3 Å². The first-order chi connectivity index (χ1) is 8.71. The molecule has 4 heteroatoms. The van der Waals surface area contributed by atoms with Gasteiger partial charge in [0.05, 0.1) is 12.2 Å². The molecule has 4 nitrogen and oxygen atoms in total. The lowest BCUT2D eigenvalue weighted by Crippen LogP contribution is -2.46. The summed E-state index contributed by atoms with van der Waals surface area (Å²) in [7, 11) is 0. The summed E-state index contributed by atoms with van der Waals surface area (Å²) >= 11 is 0. The summed E-state index contributed by atoms with van der Waals surface area (Å²) in [6.07, 6.45) is 0. The molecule has 0 bridgehead atoms. The van der Waals surface area contributed by atoms with Gasteiger partial charge in [-0.05, 0) is 62.3 Å². The summed E-state index contributed by atoms with van der Waals surface area (Å²) in [5.74, 6) is 0.0826. The first-order valence-electron chi connectivity index (χ1n) is 7.32. The van der Waals surface area contributed by atoms with Crippen LogP contribution < -0.4 is 10.6 Å². The van der Waals surface area contributed by atoms with Crippen molar-refractivity contribution >= 4 is 5.91 Å². The van der Waals surface area contributed by atoms with Crippen molar-refractivity contribution in [1.82, 2.24) is 15.5 Å². The number of amides is 1. The molecular formula is C16H31N3O. The maximum Gasteiger partial charge on any atom is 0.272 e. The van der Waals surface area contributed by atoms with Gasteiger partial charge in [0.25, 0.3) is 5.91 Å². The molecule has 0 fully saturated rings. The minimum absolute atomic E-state index is 0.0612. The molecule has 1 rings (SSSR count). The molecule has 1 heterocycles. The Morgan fingerprint density at radius 1 is 0.850 bits per heavy atom. The van der Waals surface area contributed by atoms with E-state index < -0.39 is 0 Å². The Morgan fingerprint density at radius 2 is 1.30 bits per heavy atom. The molecule has 0 saturated carbocycles. The highest BCUT2D eigenvalue weighted by Gasteiger charge is 2.39. The van der Waals surface area contributed by atoms with E-state index in [2.05, 4.69) is 72.9 Å². The summed E-state index contributed by atoms with van der Waals surface area (Å²) in [5.41, 5.74) is 1.33. The Kier molecular flexibility index (Phi) is 4.19. The summed E-state index contributed by atoms with van der Waals surface area (Å²) in [6.45, 7) is 19.4. The number of carbonyl (C=O) groups is 1. The maximum absolute atomic E-state index is 12.7. The van der Waals surface area contributed by atoms with E-state index in [0.717, 1.165) is 5.70 Å². The lowest BCUT2D eigenvalue weighted by Gasteiger charge is -2.33. The zero-order valence-corrected chi connectivity index (χ0v) is 14.6. The number of hydrogen-bond donors (Lipinski definition) is 2. The number of nitrogens with one attached hydrogen (secondary N) is 2. The molecule has 20 heavy (non-hydrogen) atoms. The van der Waals surface area contributed by atoms with Crippen LogP contribution in [0.2, 0.25) is 0 Å². The van der Waals surface area contributed by atoms with Gasteiger partial charge in [-0.25, -0.2) is 0 Å². The van der Waals surface area contributed by atoms with Crippen molar-refractivity contribution in [2.75, 3.05) is 6.54 Å². The van der Waals surface area contributed by atoms with Crippen LogP contribution in [0.15, 0.2) is 11.4 Å². The average molecular weight is 281 g/mol. The van der Waals surface area contributed by atoms with E-state index in [1.54, 1.807) is 0 Å². The molecule has 0 atom stereocenters. The molecule has 0 aromatic carbocycles. The van der Waals surface area contributed by atoms with Crippen LogP contribution in [0.25, 0.3) is 0 Å². The molecule has 0 aromatic heterocycles. The Hall–Kier alpha value is -1.19. The molecule has 0 aromatic rings. The predicted molar refractivity (Wildman–Crippen MR) is 84.3 cm³/mol. The van der Waals surface area contributed by atoms with E-state index in [9.17, 15) is 4.79 Å². The Bertz CT molecular complexity index is 416. The number of hydrogen-bond acceptors (Lipinski definition) is 3. The Labute approximate surface area is 124 Å². The van der Waals surface area contributed by atoms with Gasteiger partial charge in [-0.2, -0.15) is 0 Å². The van der Waals surface area contributed by atoms with Gasteiger partial charge in [0.15, 0.2) is 0 Å². The second-order valence-electron chi connectivity index (χ2n) is 8.67. The molecule has 0 aliphatic carbocycles. The normalized spacial score (nSPS) is 17.9. The van der Waals surface area contributed by atoms with Gasteiger partial charge >= 0.3 is 0 Å². The smallest absolute Gasteiger partial charge is 0.272 e. The fraction of sp³-hybridized carbons (Fsp3) is 0.812. The Morgan fingerprint density at radius 3 is 1.65 bits per heavy atom. The zero-order valence-electron chi connectivity index (χ0n) is 14.6. The molecule has 116 valence electrons. The van der Waals surface area contributed by atoms with E-state index in [0.29, 0.717) is 12.2 Å². The highest BCUT2D eigenvalue weighted by Crippen LogP contribution is 2.26. The molecule has 0 spiro atoms. The summed E-state index contributed by atoms with van der Waals surface area (Å²) in [5, 5.41) is 6.85. The third-order valence-corrected chi connectivity index (χ3v) is 2.91. The van der Waals surface area contributed by atoms with Crippen LogP contribution >= 0.6 is 0 Å². The van der Waals surface area contributed by atoms with E-state index in [4.69, 9.17) is 0 Å². The minimum atomic E-state index is -0.177. The van der Waals surface area contributed by atoms with E-state index >= 15 is 0 Å². The van der Waals surface area contributed by atoms with Gasteiger partial charge in [-0.15, -0.1) is 0 Å². The Balaban J connectivity index is 3.11. The van der Waals surface area contributed by atoms with Crippen molar-refractivity contribution in [2.24, 2.45) is 0 Å². The third-order valence-electron chi connectivity index (χ3n) is 2.91. The quantitative estimate of drug-likeness (QED) is 0.818. The highest BCUT2D eigenvalue weighted by molar-refractivity contribution is 5.97. The fourth-order valence-corrected chi connectivity index (χ4v) is 2.17. The van der Waals surface area contributed by atoms with Crippen molar-refractivity contribution in [3.63, 3.8) is 0 Å². The van der Waals surface area contributed by atoms with Crippen LogP contribution in [0, 0.1) is 0 Å². The van der Waals surface area contributed by atoms with Crippen LogP contribution in [-0.2, 0) is 4.79 Å². The summed E-state index contributed by atoms with van der Waals surface area (Å²) in [6, 6.07) is 0. The van der Waals surface area contributed by atoms with E-state index in [1.807, 2.05) is 4.90 Å². The van der Waals surface area contributed by atoms with Gasteiger partial charge in [0.1, 0.15) is 5.70 Å². The van der Waals surface area contributed by atoms with Crippen LogP contribution in [-0.4, -0.2) is 34.0 Å². The predicted octanol–water partition coefficient (Wildman–Crippen LogP) is 2.61. The molecule has 2 N–H and O–H groups in total. The van der Waals surface area contributed by atoms with Gasteiger partial charge < -0.3 is 15.5 Å². The van der Waals surface area contributed by atoms with Crippen LogP contribution in [0.5, 0.6) is 0 Å². The zero-order chi connectivity index (χ0) is 15.9. The van der Waals surface area contributed by atoms with Gasteiger partial charge in [-0.3, -0.25) is 4.79 Å². The highest BCUT2D eigenvalue weighted by atomic mass is 16.2.